The maximum Gasteiger partial charge on any atom is 0.251 e. The summed E-state index contributed by atoms with van der Waals surface area (Å²) < 4.78 is 5.12. The molecule has 23 heavy (non-hydrogen) atoms. The van der Waals surface area contributed by atoms with E-state index in [-0.39, 0.29) is 5.91 Å². The summed E-state index contributed by atoms with van der Waals surface area (Å²) >= 11 is 1.52. The minimum absolute atomic E-state index is 0.149. The summed E-state index contributed by atoms with van der Waals surface area (Å²) in [5, 5.41) is 5.70. The van der Waals surface area contributed by atoms with Crippen molar-refractivity contribution in [2.24, 2.45) is 0 Å². The summed E-state index contributed by atoms with van der Waals surface area (Å²) in [6.45, 7) is 0.395. The highest BCUT2D eigenvalue weighted by atomic mass is 32.1. The number of nitrogens with one attached hydrogen (secondary N) is 1. The van der Waals surface area contributed by atoms with Gasteiger partial charge in [0.15, 0.2) is 0 Å². The molecule has 0 unspecified atom stereocenters. The molecule has 0 radical (unpaired) electrons. The first kappa shape index (κ1) is 15.2. The van der Waals surface area contributed by atoms with E-state index >= 15 is 0 Å². The van der Waals surface area contributed by atoms with Gasteiger partial charge in [-0.05, 0) is 30.3 Å². The Morgan fingerprint density at radius 3 is 2.87 bits per heavy atom. The standard InChI is InChI=1S/C17H15N3O2S/c1-22-14-4-2-3-13(9-14)17(21)19-10-16-20-15(11-23-16)12-5-7-18-8-6-12/h2-9,11H,10H2,1H3,(H,19,21). The van der Waals surface area contributed by atoms with Crippen molar-refractivity contribution < 1.29 is 9.53 Å². The molecule has 2 heterocycles. The molecule has 116 valence electrons. The molecule has 6 heteroatoms. The van der Waals surface area contributed by atoms with Gasteiger partial charge in [0.1, 0.15) is 10.8 Å². The van der Waals surface area contributed by atoms with Gasteiger partial charge in [-0.1, -0.05) is 6.07 Å². The first-order chi connectivity index (χ1) is 11.3. The Hall–Kier alpha value is -2.73. The number of rotatable bonds is 5. The van der Waals surface area contributed by atoms with E-state index in [2.05, 4.69) is 15.3 Å². The van der Waals surface area contributed by atoms with Crippen LogP contribution in [-0.2, 0) is 6.54 Å². The van der Waals surface area contributed by atoms with E-state index in [0.717, 1.165) is 16.3 Å². The number of pyridine rings is 1. The van der Waals surface area contributed by atoms with Crippen LogP contribution in [0.4, 0.5) is 0 Å². The molecule has 0 atom stereocenters. The second kappa shape index (κ2) is 7.02. The number of aromatic nitrogens is 2. The number of amides is 1. The normalized spacial score (nSPS) is 10.3. The van der Waals surface area contributed by atoms with Gasteiger partial charge >= 0.3 is 0 Å². The summed E-state index contributed by atoms with van der Waals surface area (Å²) in [6, 6.07) is 10.9. The predicted molar refractivity (Wildman–Crippen MR) is 89.5 cm³/mol. The third-order valence-corrected chi connectivity index (χ3v) is 4.11. The Kier molecular flexibility index (Phi) is 4.63. The van der Waals surface area contributed by atoms with Crippen molar-refractivity contribution in [1.29, 1.82) is 0 Å². The highest BCUT2D eigenvalue weighted by Crippen LogP contribution is 2.21. The molecule has 1 aromatic carbocycles. The smallest absolute Gasteiger partial charge is 0.251 e. The highest BCUT2D eigenvalue weighted by molar-refractivity contribution is 7.09. The zero-order chi connectivity index (χ0) is 16.1. The topological polar surface area (TPSA) is 64.1 Å². The largest absolute Gasteiger partial charge is 0.497 e. The first-order valence-electron chi connectivity index (χ1n) is 7.03. The molecule has 2 aromatic heterocycles. The summed E-state index contributed by atoms with van der Waals surface area (Å²) in [5.41, 5.74) is 2.47. The van der Waals surface area contributed by atoms with E-state index in [1.807, 2.05) is 17.5 Å². The molecule has 3 aromatic rings. The Bertz CT molecular complexity index is 802. The second-order valence-electron chi connectivity index (χ2n) is 4.78. The molecule has 1 N–H and O–H groups in total. The Morgan fingerprint density at radius 1 is 1.26 bits per heavy atom. The zero-order valence-corrected chi connectivity index (χ0v) is 13.3. The monoisotopic (exact) mass is 325 g/mol. The fourth-order valence-electron chi connectivity index (χ4n) is 2.07. The van der Waals surface area contributed by atoms with Crippen molar-refractivity contribution in [2.45, 2.75) is 6.54 Å². The maximum atomic E-state index is 12.2. The van der Waals surface area contributed by atoms with Gasteiger partial charge in [0.05, 0.1) is 19.3 Å². The van der Waals surface area contributed by atoms with E-state index in [1.54, 1.807) is 43.8 Å². The molecule has 0 saturated heterocycles. The molecular formula is C17H15N3O2S. The number of hydrogen-bond acceptors (Lipinski definition) is 5. The summed E-state index contributed by atoms with van der Waals surface area (Å²) in [6.07, 6.45) is 3.47. The van der Waals surface area contributed by atoms with Crippen molar-refractivity contribution in [3.8, 4) is 17.0 Å². The van der Waals surface area contributed by atoms with Gasteiger partial charge in [0.2, 0.25) is 0 Å². The molecule has 0 bridgehead atoms. The number of ether oxygens (including phenoxy) is 1. The third kappa shape index (κ3) is 3.73. The van der Waals surface area contributed by atoms with Crippen LogP contribution in [-0.4, -0.2) is 23.0 Å². The summed E-state index contributed by atoms with van der Waals surface area (Å²) in [4.78, 5) is 20.7. The minimum Gasteiger partial charge on any atom is -0.497 e. The van der Waals surface area contributed by atoms with Crippen molar-refractivity contribution >= 4 is 17.2 Å². The SMILES string of the molecule is COc1cccc(C(=O)NCc2nc(-c3ccncc3)cs2)c1. The first-order valence-corrected chi connectivity index (χ1v) is 7.91. The summed E-state index contributed by atoms with van der Waals surface area (Å²) in [5.74, 6) is 0.511. The van der Waals surface area contributed by atoms with E-state index in [4.69, 9.17) is 4.74 Å². The Balaban J connectivity index is 1.64. The number of thiazole rings is 1. The van der Waals surface area contributed by atoms with Crippen molar-refractivity contribution in [3.05, 3.63) is 64.7 Å². The second-order valence-corrected chi connectivity index (χ2v) is 5.72. The lowest BCUT2D eigenvalue weighted by Gasteiger charge is -2.05. The number of carbonyl (C=O) groups excluding carboxylic acids is 1. The quantitative estimate of drug-likeness (QED) is 0.783. The molecule has 0 spiro atoms. The lowest BCUT2D eigenvalue weighted by molar-refractivity contribution is 0.0950. The van der Waals surface area contributed by atoms with Crippen LogP contribution >= 0.6 is 11.3 Å². The lowest BCUT2D eigenvalue weighted by Crippen LogP contribution is -2.22. The molecule has 0 aliphatic rings. The molecule has 1 amide bonds. The molecule has 0 aliphatic heterocycles. The zero-order valence-electron chi connectivity index (χ0n) is 12.5. The number of benzene rings is 1. The van der Waals surface area contributed by atoms with Crippen LogP contribution in [0, 0.1) is 0 Å². The van der Waals surface area contributed by atoms with E-state index in [9.17, 15) is 4.79 Å². The van der Waals surface area contributed by atoms with Crippen molar-refractivity contribution in [1.82, 2.24) is 15.3 Å². The van der Waals surface area contributed by atoms with Gasteiger partial charge < -0.3 is 10.1 Å². The van der Waals surface area contributed by atoms with E-state index in [1.165, 1.54) is 11.3 Å². The van der Waals surface area contributed by atoms with Crippen LogP contribution in [0.15, 0.2) is 54.2 Å². The van der Waals surface area contributed by atoms with Gasteiger partial charge in [0.25, 0.3) is 5.91 Å². The van der Waals surface area contributed by atoms with Crippen LogP contribution in [0.25, 0.3) is 11.3 Å². The minimum atomic E-state index is -0.149. The van der Waals surface area contributed by atoms with Crippen LogP contribution in [0.2, 0.25) is 0 Å². The average Bonchev–Trinajstić information content (AvgIpc) is 3.09. The number of carbonyl (C=O) groups is 1. The maximum absolute atomic E-state index is 12.2. The van der Waals surface area contributed by atoms with Gasteiger partial charge in [-0.3, -0.25) is 9.78 Å². The third-order valence-electron chi connectivity index (χ3n) is 3.26. The molecule has 0 saturated carbocycles. The molecular weight excluding hydrogens is 310 g/mol. The lowest BCUT2D eigenvalue weighted by atomic mass is 10.2. The van der Waals surface area contributed by atoms with Gasteiger partial charge in [0, 0.05) is 28.9 Å². The number of methoxy groups -OCH3 is 1. The number of nitrogens with zero attached hydrogens (tertiary/aromatic N) is 2. The molecule has 0 aliphatic carbocycles. The molecule has 0 fully saturated rings. The van der Waals surface area contributed by atoms with Gasteiger partial charge in [-0.15, -0.1) is 11.3 Å². The van der Waals surface area contributed by atoms with Crippen molar-refractivity contribution in [3.63, 3.8) is 0 Å². The van der Waals surface area contributed by atoms with Crippen LogP contribution in [0.5, 0.6) is 5.75 Å². The Labute approximate surface area is 138 Å². The molecule has 3 rings (SSSR count). The van der Waals surface area contributed by atoms with Crippen LogP contribution in [0.3, 0.4) is 0 Å². The van der Waals surface area contributed by atoms with E-state index < -0.39 is 0 Å². The van der Waals surface area contributed by atoms with Crippen LogP contribution in [0.1, 0.15) is 15.4 Å². The van der Waals surface area contributed by atoms with E-state index in [0.29, 0.717) is 17.9 Å². The predicted octanol–water partition coefficient (Wildman–Crippen LogP) is 3.14. The van der Waals surface area contributed by atoms with Gasteiger partial charge in [-0.2, -0.15) is 0 Å². The fraction of sp³-hybridized carbons (Fsp3) is 0.118. The Morgan fingerprint density at radius 2 is 2.09 bits per heavy atom. The average molecular weight is 325 g/mol. The molecule has 5 nitrogen and oxygen atoms in total. The number of hydrogen-bond donors (Lipinski definition) is 1. The van der Waals surface area contributed by atoms with Gasteiger partial charge in [-0.25, -0.2) is 4.98 Å². The van der Waals surface area contributed by atoms with Crippen molar-refractivity contribution in [2.75, 3.05) is 7.11 Å². The highest BCUT2D eigenvalue weighted by Gasteiger charge is 2.09. The fourth-order valence-corrected chi connectivity index (χ4v) is 2.81. The summed E-state index contributed by atoms with van der Waals surface area (Å²) in [7, 11) is 1.58. The van der Waals surface area contributed by atoms with Crippen LogP contribution < -0.4 is 10.1 Å².